The molecule has 0 aromatic heterocycles. The molecule has 0 fully saturated rings. The average molecular weight is 291 g/mol. The van der Waals surface area contributed by atoms with E-state index >= 15 is 0 Å². The van der Waals surface area contributed by atoms with E-state index in [9.17, 15) is 4.79 Å². The van der Waals surface area contributed by atoms with Crippen LogP contribution in [0.2, 0.25) is 0 Å². The van der Waals surface area contributed by atoms with Gasteiger partial charge in [0.25, 0.3) is 0 Å². The van der Waals surface area contributed by atoms with Crippen molar-refractivity contribution in [3.8, 4) is 0 Å². The second-order valence-corrected chi connectivity index (χ2v) is 5.01. The van der Waals surface area contributed by atoms with Gasteiger partial charge in [-0.15, -0.1) is 0 Å². The predicted molar refractivity (Wildman–Crippen MR) is 89.6 cm³/mol. The molecule has 1 rings (SSSR count). The van der Waals surface area contributed by atoms with E-state index in [-0.39, 0.29) is 5.91 Å². The van der Waals surface area contributed by atoms with Gasteiger partial charge in [-0.05, 0) is 45.4 Å². The Morgan fingerprint density at radius 3 is 2.00 bits per heavy atom. The number of benzene rings is 1. The normalized spacial score (nSPS) is 10.5. The summed E-state index contributed by atoms with van der Waals surface area (Å²) in [7, 11) is 0. The first-order valence-electron chi connectivity index (χ1n) is 7.98. The predicted octanol–water partition coefficient (Wildman–Crippen LogP) is 2.49. The third-order valence-electron chi connectivity index (χ3n) is 3.79. The van der Waals surface area contributed by atoms with E-state index in [0.29, 0.717) is 6.54 Å². The van der Waals surface area contributed by atoms with Crippen molar-refractivity contribution in [3.05, 3.63) is 29.8 Å². The molecule has 0 unspecified atom stereocenters. The Bertz CT molecular complexity index is 409. The highest BCUT2D eigenvalue weighted by Crippen LogP contribution is 2.14. The van der Waals surface area contributed by atoms with E-state index in [2.05, 4.69) is 48.3 Å². The van der Waals surface area contributed by atoms with Crippen LogP contribution in [0.25, 0.3) is 0 Å². The van der Waals surface area contributed by atoms with Crippen molar-refractivity contribution < 1.29 is 4.79 Å². The Morgan fingerprint density at radius 2 is 1.52 bits per heavy atom. The molecular weight excluding hydrogens is 262 g/mol. The second kappa shape index (κ2) is 9.40. The number of hydrogen-bond acceptors (Lipinski definition) is 3. The first-order chi connectivity index (χ1) is 10.2. The minimum Gasteiger partial charge on any atom is -0.372 e. The zero-order chi connectivity index (χ0) is 15.7. The van der Waals surface area contributed by atoms with E-state index in [1.54, 1.807) is 0 Å². The summed E-state index contributed by atoms with van der Waals surface area (Å²) in [5.41, 5.74) is 2.46. The Kier molecular flexibility index (Phi) is 7.83. The van der Waals surface area contributed by atoms with Crippen LogP contribution in [0.15, 0.2) is 24.3 Å². The molecule has 0 radical (unpaired) electrons. The molecule has 1 aromatic carbocycles. The number of hydrogen-bond donors (Lipinski definition) is 1. The van der Waals surface area contributed by atoms with Crippen molar-refractivity contribution in [2.75, 3.05) is 37.6 Å². The minimum absolute atomic E-state index is 0.166. The van der Waals surface area contributed by atoms with E-state index in [4.69, 9.17) is 0 Å². The zero-order valence-corrected chi connectivity index (χ0v) is 13.9. The third-order valence-corrected chi connectivity index (χ3v) is 3.79. The van der Waals surface area contributed by atoms with Crippen molar-refractivity contribution >= 4 is 11.6 Å². The van der Waals surface area contributed by atoms with Gasteiger partial charge in [0.1, 0.15) is 0 Å². The van der Waals surface area contributed by atoms with Gasteiger partial charge in [0, 0.05) is 38.4 Å². The molecule has 0 saturated heterocycles. The topological polar surface area (TPSA) is 35.6 Å². The van der Waals surface area contributed by atoms with Crippen molar-refractivity contribution in [2.24, 2.45) is 0 Å². The molecule has 0 atom stereocenters. The largest absolute Gasteiger partial charge is 0.372 e. The lowest BCUT2D eigenvalue weighted by Crippen LogP contribution is -2.37. The summed E-state index contributed by atoms with van der Waals surface area (Å²) >= 11 is 0. The summed E-state index contributed by atoms with van der Waals surface area (Å²) in [6.45, 7) is 13.1. The van der Waals surface area contributed by atoms with Gasteiger partial charge in [-0.25, -0.2) is 0 Å². The minimum atomic E-state index is 0.166. The molecule has 0 spiro atoms. The number of anilines is 1. The number of likely N-dealkylation sites (N-methyl/N-ethyl adjacent to an activating group) is 1. The molecule has 4 nitrogen and oxygen atoms in total. The van der Waals surface area contributed by atoms with E-state index in [0.717, 1.165) is 32.7 Å². The first kappa shape index (κ1) is 17.5. The standard InChI is InChI=1S/C17H29N3O/c1-5-19(6-2)16-11-9-15(10-12-16)13-18-14-17(21)20(7-3)8-4/h9-12,18H,5-8,13-14H2,1-4H3. The van der Waals surface area contributed by atoms with E-state index in [1.807, 2.05) is 18.7 Å². The lowest BCUT2D eigenvalue weighted by Gasteiger charge is -2.21. The molecule has 1 N–H and O–H groups in total. The molecule has 21 heavy (non-hydrogen) atoms. The molecule has 0 saturated carbocycles. The lowest BCUT2D eigenvalue weighted by molar-refractivity contribution is -0.129. The van der Waals surface area contributed by atoms with Crippen LogP contribution in [0, 0.1) is 0 Å². The van der Waals surface area contributed by atoms with Crippen LogP contribution in [-0.4, -0.2) is 43.5 Å². The maximum atomic E-state index is 11.9. The van der Waals surface area contributed by atoms with Gasteiger partial charge in [-0.3, -0.25) is 4.79 Å². The quantitative estimate of drug-likeness (QED) is 0.759. The highest BCUT2D eigenvalue weighted by atomic mass is 16.2. The van der Waals surface area contributed by atoms with Crippen molar-refractivity contribution in [1.29, 1.82) is 0 Å². The lowest BCUT2D eigenvalue weighted by atomic mass is 10.2. The number of amides is 1. The Labute approximate surface area is 129 Å². The van der Waals surface area contributed by atoms with Crippen LogP contribution >= 0.6 is 0 Å². The number of carbonyl (C=O) groups is 1. The fourth-order valence-corrected chi connectivity index (χ4v) is 2.42. The molecule has 0 aliphatic rings. The van der Waals surface area contributed by atoms with Crippen molar-refractivity contribution in [2.45, 2.75) is 34.2 Å². The number of nitrogens with one attached hydrogen (secondary N) is 1. The van der Waals surface area contributed by atoms with Gasteiger partial charge in [-0.1, -0.05) is 12.1 Å². The van der Waals surface area contributed by atoms with Crippen LogP contribution < -0.4 is 10.2 Å². The monoisotopic (exact) mass is 291 g/mol. The van der Waals surface area contributed by atoms with Crippen LogP contribution in [0.5, 0.6) is 0 Å². The number of nitrogens with zero attached hydrogens (tertiary/aromatic N) is 2. The summed E-state index contributed by atoms with van der Waals surface area (Å²) in [6.07, 6.45) is 0. The van der Waals surface area contributed by atoms with Gasteiger partial charge in [0.05, 0.1) is 6.54 Å². The molecule has 0 bridgehead atoms. The summed E-state index contributed by atoms with van der Waals surface area (Å²) in [4.78, 5) is 16.0. The number of rotatable bonds is 9. The third kappa shape index (κ3) is 5.38. The van der Waals surface area contributed by atoms with E-state index < -0.39 is 0 Å². The zero-order valence-electron chi connectivity index (χ0n) is 13.9. The molecule has 1 aromatic rings. The Balaban J connectivity index is 2.44. The molecule has 0 aliphatic heterocycles. The van der Waals surface area contributed by atoms with Gasteiger partial charge in [0.15, 0.2) is 0 Å². The highest BCUT2D eigenvalue weighted by Gasteiger charge is 2.08. The van der Waals surface area contributed by atoms with Crippen LogP contribution in [-0.2, 0) is 11.3 Å². The molecule has 0 aliphatic carbocycles. The van der Waals surface area contributed by atoms with Crippen LogP contribution in [0.1, 0.15) is 33.3 Å². The molecule has 1 amide bonds. The van der Waals surface area contributed by atoms with Gasteiger partial charge >= 0.3 is 0 Å². The maximum Gasteiger partial charge on any atom is 0.236 e. The summed E-state index contributed by atoms with van der Waals surface area (Å²) in [5.74, 6) is 0.166. The van der Waals surface area contributed by atoms with Gasteiger partial charge in [-0.2, -0.15) is 0 Å². The highest BCUT2D eigenvalue weighted by molar-refractivity contribution is 5.78. The van der Waals surface area contributed by atoms with Crippen LogP contribution in [0.4, 0.5) is 5.69 Å². The molecule has 4 heteroatoms. The summed E-state index contributed by atoms with van der Waals surface area (Å²) in [5, 5.41) is 3.22. The maximum absolute atomic E-state index is 11.9. The van der Waals surface area contributed by atoms with Gasteiger partial charge in [0.2, 0.25) is 5.91 Å². The van der Waals surface area contributed by atoms with Crippen molar-refractivity contribution in [1.82, 2.24) is 10.2 Å². The molecule has 118 valence electrons. The fraction of sp³-hybridized carbons (Fsp3) is 0.588. The fourth-order valence-electron chi connectivity index (χ4n) is 2.42. The van der Waals surface area contributed by atoms with Gasteiger partial charge < -0.3 is 15.1 Å². The molecule has 0 heterocycles. The Morgan fingerprint density at radius 1 is 0.952 bits per heavy atom. The smallest absolute Gasteiger partial charge is 0.236 e. The summed E-state index contributed by atoms with van der Waals surface area (Å²) in [6, 6.07) is 8.55. The summed E-state index contributed by atoms with van der Waals surface area (Å²) < 4.78 is 0. The number of carbonyl (C=O) groups excluding carboxylic acids is 1. The van der Waals surface area contributed by atoms with Crippen molar-refractivity contribution in [3.63, 3.8) is 0 Å². The van der Waals surface area contributed by atoms with Crippen LogP contribution in [0.3, 0.4) is 0 Å². The average Bonchev–Trinajstić information content (AvgIpc) is 2.51. The first-order valence-corrected chi connectivity index (χ1v) is 7.98. The van der Waals surface area contributed by atoms with E-state index in [1.165, 1.54) is 11.3 Å². The molecular formula is C17H29N3O. The Hall–Kier alpha value is -1.55. The second-order valence-electron chi connectivity index (χ2n) is 5.01. The SMILES string of the molecule is CCN(CC)C(=O)CNCc1ccc(N(CC)CC)cc1.